The van der Waals surface area contributed by atoms with E-state index in [0.717, 1.165) is 16.7 Å². The van der Waals surface area contributed by atoms with Crippen molar-refractivity contribution in [1.29, 1.82) is 0 Å². The Morgan fingerprint density at radius 1 is 1.40 bits per heavy atom. The van der Waals surface area contributed by atoms with Gasteiger partial charge in [0, 0.05) is 0 Å². The number of hydrogen-bond acceptors (Lipinski definition) is 2. The van der Waals surface area contributed by atoms with Crippen LogP contribution in [0.1, 0.15) is 28.4 Å². The Hall–Kier alpha value is -1.57. The molecule has 0 spiro atoms. The highest BCUT2D eigenvalue weighted by Crippen LogP contribution is 2.12. The summed E-state index contributed by atoms with van der Waals surface area (Å²) in [5, 5.41) is 0. The summed E-state index contributed by atoms with van der Waals surface area (Å²) < 4.78 is 5.07. The molecular weight excluding hydrogens is 188 g/mol. The second-order valence-electron chi connectivity index (χ2n) is 3.85. The summed E-state index contributed by atoms with van der Waals surface area (Å²) in [5.74, 6) is -0.282. The largest absolute Gasteiger partial charge is 0.458 e. The fourth-order valence-electron chi connectivity index (χ4n) is 1.31. The first-order valence-corrected chi connectivity index (χ1v) is 4.89. The predicted octanol–water partition coefficient (Wildman–Crippen LogP) is 3.04. The Balaban J connectivity index is 2.78. The van der Waals surface area contributed by atoms with Crippen LogP contribution in [0.2, 0.25) is 0 Å². The molecule has 0 saturated heterocycles. The van der Waals surface area contributed by atoms with E-state index < -0.39 is 0 Å². The van der Waals surface area contributed by atoms with Crippen molar-refractivity contribution >= 4 is 5.97 Å². The minimum absolute atomic E-state index is 0.282. The van der Waals surface area contributed by atoms with E-state index in [1.807, 2.05) is 32.9 Å². The minimum atomic E-state index is -0.282. The Morgan fingerprint density at radius 2 is 2.07 bits per heavy atom. The van der Waals surface area contributed by atoms with Crippen molar-refractivity contribution in [2.45, 2.75) is 20.8 Å². The molecule has 0 atom stereocenters. The molecule has 0 unspecified atom stereocenters. The molecule has 0 aromatic heterocycles. The van der Waals surface area contributed by atoms with Crippen LogP contribution < -0.4 is 0 Å². The lowest BCUT2D eigenvalue weighted by molar-refractivity contribution is 0.0539. The van der Waals surface area contributed by atoms with Gasteiger partial charge >= 0.3 is 5.97 Å². The summed E-state index contributed by atoms with van der Waals surface area (Å²) in [6.45, 7) is 9.70. The molecule has 0 N–H and O–H groups in total. The zero-order valence-corrected chi connectivity index (χ0v) is 9.46. The maximum absolute atomic E-state index is 11.6. The van der Waals surface area contributed by atoms with Crippen molar-refractivity contribution in [2.75, 3.05) is 6.61 Å². The van der Waals surface area contributed by atoms with Gasteiger partial charge < -0.3 is 4.74 Å². The molecule has 0 aliphatic rings. The number of rotatable bonds is 3. The van der Waals surface area contributed by atoms with E-state index in [1.165, 1.54) is 0 Å². The Kier molecular flexibility index (Phi) is 3.67. The Labute approximate surface area is 90.6 Å². The molecule has 0 bridgehead atoms. The maximum Gasteiger partial charge on any atom is 0.338 e. The molecule has 2 heteroatoms. The van der Waals surface area contributed by atoms with Gasteiger partial charge in [-0.15, -0.1) is 0 Å². The van der Waals surface area contributed by atoms with Gasteiger partial charge in [-0.2, -0.15) is 0 Å². The molecule has 0 radical (unpaired) electrons. The van der Waals surface area contributed by atoms with Crippen molar-refractivity contribution in [3.05, 3.63) is 47.0 Å². The monoisotopic (exact) mass is 204 g/mol. The normalized spacial score (nSPS) is 9.80. The third-order valence-electron chi connectivity index (χ3n) is 2.05. The second-order valence-corrected chi connectivity index (χ2v) is 3.85. The smallest absolute Gasteiger partial charge is 0.338 e. The standard InChI is InChI=1S/C13H16O2/c1-9(2)8-15-13(14)12-6-5-10(3)7-11(12)4/h5-7H,1,8H2,2-4H3. The van der Waals surface area contributed by atoms with Crippen LogP contribution in [0.15, 0.2) is 30.4 Å². The predicted molar refractivity (Wildman–Crippen MR) is 61.0 cm³/mol. The number of benzene rings is 1. The van der Waals surface area contributed by atoms with Crippen LogP contribution in [-0.2, 0) is 4.74 Å². The van der Waals surface area contributed by atoms with Gasteiger partial charge in [0.05, 0.1) is 5.56 Å². The quantitative estimate of drug-likeness (QED) is 0.558. The van der Waals surface area contributed by atoms with Gasteiger partial charge in [-0.1, -0.05) is 24.3 Å². The van der Waals surface area contributed by atoms with Gasteiger partial charge in [-0.25, -0.2) is 4.79 Å². The van der Waals surface area contributed by atoms with Gasteiger partial charge in [0.1, 0.15) is 6.61 Å². The van der Waals surface area contributed by atoms with Crippen LogP contribution in [0.5, 0.6) is 0 Å². The lowest BCUT2D eigenvalue weighted by Gasteiger charge is -2.07. The van der Waals surface area contributed by atoms with E-state index in [4.69, 9.17) is 4.74 Å². The molecule has 0 aliphatic carbocycles. The molecule has 0 fully saturated rings. The summed E-state index contributed by atoms with van der Waals surface area (Å²) >= 11 is 0. The lowest BCUT2D eigenvalue weighted by Crippen LogP contribution is -2.08. The number of esters is 1. The zero-order valence-electron chi connectivity index (χ0n) is 9.46. The summed E-state index contributed by atoms with van der Waals surface area (Å²) in [6.07, 6.45) is 0. The van der Waals surface area contributed by atoms with Crippen LogP contribution in [0, 0.1) is 13.8 Å². The van der Waals surface area contributed by atoms with Gasteiger partial charge in [-0.3, -0.25) is 0 Å². The highest BCUT2D eigenvalue weighted by Gasteiger charge is 2.09. The van der Waals surface area contributed by atoms with Gasteiger partial charge in [-0.05, 0) is 38.0 Å². The lowest BCUT2D eigenvalue weighted by atomic mass is 10.1. The number of ether oxygens (including phenoxy) is 1. The third-order valence-corrected chi connectivity index (χ3v) is 2.05. The van der Waals surface area contributed by atoms with Crippen molar-refractivity contribution in [2.24, 2.45) is 0 Å². The van der Waals surface area contributed by atoms with Crippen molar-refractivity contribution < 1.29 is 9.53 Å². The summed E-state index contributed by atoms with van der Waals surface area (Å²) in [5.41, 5.74) is 3.56. The molecular formula is C13H16O2. The zero-order chi connectivity index (χ0) is 11.4. The van der Waals surface area contributed by atoms with E-state index in [0.29, 0.717) is 5.56 Å². The summed E-state index contributed by atoms with van der Waals surface area (Å²) in [4.78, 5) is 11.6. The van der Waals surface area contributed by atoms with Crippen LogP contribution in [-0.4, -0.2) is 12.6 Å². The number of hydrogen-bond donors (Lipinski definition) is 0. The average Bonchev–Trinajstić information content (AvgIpc) is 2.14. The summed E-state index contributed by atoms with van der Waals surface area (Å²) in [7, 11) is 0. The molecule has 0 saturated carbocycles. The van der Waals surface area contributed by atoms with Crippen LogP contribution >= 0.6 is 0 Å². The molecule has 0 amide bonds. The molecule has 1 rings (SSSR count). The fourth-order valence-corrected chi connectivity index (χ4v) is 1.31. The maximum atomic E-state index is 11.6. The molecule has 1 aromatic rings. The van der Waals surface area contributed by atoms with Crippen LogP contribution in [0.4, 0.5) is 0 Å². The summed E-state index contributed by atoms with van der Waals surface area (Å²) in [6, 6.07) is 5.67. The highest BCUT2D eigenvalue weighted by molar-refractivity contribution is 5.91. The van der Waals surface area contributed by atoms with Crippen molar-refractivity contribution in [3.63, 3.8) is 0 Å². The SMILES string of the molecule is C=C(C)COC(=O)c1ccc(C)cc1C. The number of carbonyl (C=O) groups excluding carboxylic acids is 1. The Morgan fingerprint density at radius 3 is 2.60 bits per heavy atom. The first-order valence-electron chi connectivity index (χ1n) is 4.89. The van der Waals surface area contributed by atoms with Crippen LogP contribution in [0.25, 0.3) is 0 Å². The molecule has 80 valence electrons. The van der Waals surface area contributed by atoms with Crippen molar-refractivity contribution in [1.82, 2.24) is 0 Å². The molecule has 15 heavy (non-hydrogen) atoms. The van der Waals surface area contributed by atoms with E-state index >= 15 is 0 Å². The van der Waals surface area contributed by atoms with E-state index in [-0.39, 0.29) is 12.6 Å². The van der Waals surface area contributed by atoms with Gasteiger partial charge in [0.15, 0.2) is 0 Å². The van der Waals surface area contributed by atoms with E-state index in [9.17, 15) is 4.79 Å². The second kappa shape index (κ2) is 4.78. The first-order chi connectivity index (χ1) is 7.00. The van der Waals surface area contributed by atoms with E-state index in [2.05, 4.69) is 6.58 Å². The third kappa shape index (κ3) is 3.24. The minimum Gasteiger partial charge on any atom is -0.458 e. The average molecular weight is 204 g/mol. The molecule has 0 heterocycles. The fraction of sp³-hybridized carbons (Fsp3) is 0.308. The first kappa shape index (κ1) is 11.5. The van der Waals surface area contributed by atoms with Gasteiger partial charge in [0.2, 0.25) is 0 Å². The number of carbonyl (C=O) groups is 1. The number of aryl methyl sites for hydroxylation is 2. The molecule has 0 aliphatic heterocycles. The molecule has 1 aromatic carbocycles. The van der Waals surface area contributed by atoms with E-state index in [1.54, 1.807) is 6.07 Å². The topological polar surface area (TPSA) is 26.3 Å². The van der Waals surface area contributed by atoms with Crippen LogP contribution in [0.3, 0.4) is 0 Å². The Bertz CT molecular complexity index is 392. The van der Waals surface area contributed by atoms with Gasteiger partial charge in [0.25, 0.3) is 0 Å². The highest BCUT2D eigenvalue weighted by atomic mass is 16.5. The van der Waals surface area contributed by atoms with Crippen molar-refractivity contribution in [3.8, 4) is 0 Å². The molecule has 2 nitrogen and oxygen atoms in total.